The molecule has 0 saturated heterocycles. The summed E-state index contributed by atoms with van der Waals surface area (Å²) >= 11 is 0. The van der Waals surface area contributed by atoms with E-state index in [1.165, 1.54) is 0 Å². The highest BCUT2D eigenvalue weighted by molar-refractivity contribution is 6.08. The minimum atomic E-state index is -0.780. The third-order valence-electron chi connectivity index (χ3n) is 5.32. The Balaban J connectivity index is 1.73. The van der Waals surface area contributed by atoms with Crippen molar-refractivity contribution in [2.24, 2.45) is 5.41 Å². The summed E-state index contributed by atoms with van der Waals surface area (Å²) in [5.74, 6) is 0.200. The van der Waals surface area contributed by atoms with Crippen molar-refractivity contribution in [3.8, 4) is 5.88 Å². The first-order valence-electron chi connectivity index (χ1n) is 10.7. The van der Waals surface area contributed by atoms with Crippen LogP contribution >= 0.6 is 0 Å². The van der Waals surface area contributed by atoms with E-state index >= 15 is 0 Å². The summed E-state index contributed by atoms with van der Waals surface area (Å²) in [6, 6.07) is 5.29. The lowest BCUT2D eigenvalue weighted by Crippen LogP contribution is -2.20. The maximum atomic E-state index is 12.9. The predicted octanol–water partition coefficient (Wildman–Crippen LogP) is 5.21. The van der Waals surface area contributed by atoms with E-state index in [1.54, 1.807) is 31.5 Å². The van der Waals surface area contributed by atoms with Gasteiger partial charge in [0, 0.05) is 17.7 Å². The molecule has 0 aliphatic heterocycles. The number of nitrogens with zero attached hydrogens (tertiary/aromatic N) is 3. The Morgan fingerprint density at radius 1 is 1.09 bits per heavy atom. The van der Waals surface area contributed by atoms with Crippen molar-refractivity contribution in [3.05, 3.63) is 47.5 Å². The standard InChI is InChI=1S/C24H26N4O4/c1-5-31-23(30)32-19-11-7-10-17(27-19)14-8-6-9-15(14)18-13-26-22-20(28-18)16(12-25-22)21(29)24(2,3)4/h7,10-13H,5-6,8-9H2,1-4H3,(H,25,26). The lowest BCUT2D eigenvalue weighted by Gasteiger charge is -2.15. The molecule has 166 valence electrons. The maximum absolute atomic E-state index is 12.9. The van der Waals surface area contributed by atoms with E-state index < -0.39 is 11.6 Å². The number of nitrogens with one attached hydrogen (secondary N) is 1. The first kappa shape index (κ1) is 21.7. The van der Waals surface area contributed by atoms with Gasteiger partial charge in [0.1, 0.15) is 5.52 Å². The summed E-state index contributed by atoms with van der Waals surface area (Å²) in [4.78, 5) is 41.4. The molecule has 3 aromatic rings. The number of H-pyrrole nitrogens is 1. The average Bonchev–Trinajstić information content (AvgIpc) is 3.39. The monoisotopic (exact) mass is 434 g/mol. The van der Waals surface area contributed by atoms with Gasteiger partial charge in [-0.05, 0) is 43.4 Å². The topological polar surface area (TPSA) is 107 Å². The number of fused-ring (bicyclic) bond motifs is 1. The fourth-order valence-electron chi connectivity index (χ4n) is 3.80. The number of carbonyl (C=O) groups is 2. The number of rotatable bonds is 5. The highest BCUT2D eigenvalue weighted by atomic mass is 16.7. The van der Waals surface area contributed by atoms with Gasteiger partial charge in [-0.3, -0.25) is 4.79 Å². The molecule has 1 N–H and O–H groups in total. The summed E-state index contributed by atoms with van der Waals surface area (Å²) < 4.78 is 9.98. The van der Waals surface area contributed by atoms with Gasteiger partial charge in [-0.1, -0.05) is 26.8 Å². The summed E-state index contributed by atoms with van der Waals surface area (Å²) in [5, 5.41) is 0. The van der Waals surface area contributed by atoms with E-state index in [4.69, 9.17) is 14.5 Å². The smallest absolute Gasteiger partial charge is 0.434 e. The zero-order chi connectivity index (χ0) is 22.9. The molecule has 3 aromatic heterocycles. The van der Waals surface area contributed by atoms with Crippen LogP contribution in [0.2, 0.25) is 0 Å². The van der Waals surface area contributed by atoms with Crippen LogP contribution in [-0.2, 0) is 4.74 Å². The number of pyridine rings is 1. The number of allylic oxidation sites excluding steroid dienone is 2. The van der Waals surface area contributed by atoms with Crippen LogP contribution < -0.4 is 4.74 Å². The molecule has 0 amide bonds. The fourth-order valence-corrected chi connectivity index (χ4v) is 3.80. The Hall–Kier alpha value is -3.55. The lowest BCUT2D eigenvalue weighted by atomic mass is 9.87. The second kappa shape index (κ2) is 8.53. The number of carbonyl (C=O) groups excluding carboxylic acids is 2. The van der Waals surface area contributed by atoms with E-state index in [2.05, 4.69) is 15.0 Å². The normalized spacial score (nSPS) is 14.1. The predicted molar refractivity (Wildman–Crippen MR) is 120 cm³/mol. The Morgan fingerprint density at radius 2 is 1.84 bits per heavy atom. The summed E-state index contributed by atoms with van der Waals surface area (Å²) in [6.45, 7) is 7.61. The molecule has 0 radical (unpaired) electrons. The van der Waals surface area contributed by atoms with Gasteiger partial charge < -0.3 is 14.5 Å². The molecule has 0 atom stereocenters. The van der Waals surface area contributed by atoms with Crippen molar-refractivity contribution in [2.75, 3.05) is 6.61 Å². The van der Waals surface area contributed by atoms with Crippen molar-refractivity contribution in [1.29, 1.82) is 0 Å². The Morgan fingerprint density at radius 3 is 2.56 bits per heavy atom. The van der Waals surface area contributed by atoms with Gasteiger partial charge in [-0.15, -0.1) is 0 Å². The second-order valence-corrected chi connectivity index (χ2v) is 8.69. The lowest BCUT2D eigenvalue weighted by molar-refractivity contribution is 0.0859. The molecule has 8 nitrogen and oxygen atoms in total. The third kappa shape index (κ3) is 4.26. The number of hydrogen-bond acceptors (Lipinski definition) is 7. The van der Waals surface area contributed by atoms with Crippen LogP contribution in [0.3, 0.4) is 0 Å². The Labute approximate surface area is 186 Å². The van der Waals surface area contributed by atoms with Crippen LogP contribution in [-0.4, -0.2) is 38.5 Å². The zero-order valence-electron chi connectivity index (χ0n) is 18.7. The van der Waals surface area contributed by atoms with Crippen molar-refractivity contribution < 1.29 is 19.1 Å². The SMILES string of the molecule is CCOC(=O)Oc1cccc(C2=C(c3cnc4[nH]cc(C(=O)C(C)(C)C)c4n3)CCC2)n1. The van der Waals surface area contributed by atoms with E-state index in [0.29, 0.717) is 16.7 Å². The quantitative estimate of drug-likeness (QED) is 0.434. The molecule has 32 heavy (non-hydrogen) atoms. The van der Waals surface area contributed by atoms with E-state index in [-0.39, 0.29) is 18.3 Å². The van der Waals surface area contributed by atoms with Gasteiger partial charge in [0.25, 0.3) is 0 Å². The number of hydrogen-bond donors (Lipinski definition) is 1. The minimum Gasteiger partial charge on any atom is -0.434 e. The summed E-state index contributed by atoms with van der Waals surface area (Å²) in [5.41, 5.74) is 4.71. The zero-order valence-corrected chi connectivity index (χ0v) is 18.7. The first-order chi connectivity index (χ1) is 15.3. The van der Waals surface area contributed by atoms with Gasteiger partial charge in [0.05, 0.1) is 29.8 Å². The Kier molecular flexibility index (Phi) is 5.78. The molecule has 1 aliphatic carbocycles. The average molecular weight is 434 g/mol. The van der Waals surface area contributed by atoms with Crippen molar-refractivity contribution in [2.45, 2.75) is 47.0 Å². The molecule has 0 spiro atoms. The van der Waals surface area contributed by atoms with E-state index in [1.807, 2.05) is 26.8 Å². The largest absolute Gasteiger partial charge is 0.515 e. The fraction of sp³-hybridized carbons (Fsp3) is 0.375. The molecule has 0 fully saturated rings. The molecule has 0 bridgehead atoms. The molecular formula is C24H26N4O4. The summed E-state index contributed by atoms with van der Waals surface area (Å²) in [7, 11) is 0. The minimum absolute atomic E-state index is 0.0151. The second-order valence-electron chi connectivity index (χ2n) is 8.69. The number of aromatic nitrogens is 4. The molecule has 3 heterocycles. The molecular weight excluding hydrogens is 408 g/mol. The van der Waals surface area contributed by atoms with Crippen LogP contribution in [0, 0.1) is 5.41 Å². The van der Waals surface area contributed by atoms with Crippen LogP contribution in [0.25, 0.3) is 22.3 Å². The molecule has 1 aliphatic rings. The molecule has 8 heteroatoms. The van der Waals surface area contributed by atoms with Gasteiger partial charge in [-0.25, -0.2) is 19.7 Å². The maximum Gasteiger partial charge on any atom is 0.515 e. The van der Waals surface area contributed by atoms with Crippen LogP contribution in [0.4, 0.5) is 4.79 Å². The number of ketones is 1. The van der Waals surface area contributed by atoms with Crippen molar-refractivity contribution in [3.63, 3.8) is 0 Å². The highest BCUT2D eigenvalue weighted by Gasteiger charge is 2.27. The van der Waals surface area contributed by atoms with Gasteiger partial charge in [-0.2, -0.15) is 0 Å². The first-order valence-corrected chi connectivity index (χ1v) is 10.7. The van der Waals surface area contributed by atoms with Crippen LogP contribution in [0.5, 0.6) is 5.88 Å². The number of ether oxygens (including phenoxy) is 2. The third-order valence-corrected chi connectivity index (χ3v) is 5.32. The molecule has 4 rings (SSSR count). The van der Waals surface area contributed by atoms with Gasteiger partial charge in [0.15, 0.2) is 11.4 Å². The molecule has 0 unspecified atom stereocenters. The number of Topliss-reactive ketones (excluding diaryl/α,β-unsaturated/α-hetero) is 1. The highest BCUT2D eigenvalue weighted by Crippen LogP contribution is 2.39. The Bertz CT molecular complexity index is 1220. The van der Waals surface area contributed by atoms with E-state index in [0.717, 1.165) is 41.8 Å². The van der Waals surface area contributed by atoms with Gasteiger partial charge >= 0.3 is 6.16 Å². The van der Waals surface area contributed by atoms with E-state index in [9.17, 15) is 9.59 Å². The van der Waals surface area contributed by atoms with Gasteiger partial charge in [0.2, 0.25) is 5.88 Å². The van der Waals surface area contributed by atoms with Crippen LogP contribution in [0.1, 0.15) is 68.7 Å². The van der Waals surface area contributed by atoms with Crippen molar-refractivity contribution in [1.82, 2.24) is 19.9 Å². The number of aromatic amines is 1. The molecule has 0 aromatic carbocycles. The summed E-state index contributed by atoms with van der Waals surface area (Å²) in [6.07, 6.45) is 5.24. The van der Waals surface area contributed by atoms with Crippen LogP contribution in [0.15, 0.2) is 30.6 Å². The molecule has 0 saturated carbocycles. The van der Waals surface area contributed by atoms with Crippen molar-refractivity contribution >= 4 is 34.2 Å².